The van der Waals surface area contributed by atoms with Gasteiger partial charge in [0.25, 0.3) is 0 Å². The molecule has 0 aliphatic heterocycles. The highest BCUT2D eigenvalue weighted by Gasteiger charge is 2.13. The van der Waals surface area contributed by atoms with Crippen molar-refractivity contribution < 1.29 is 19.1 Å². The SMILES string of the molecule is CCOC(=O)/C(C#C[Si])=N/C(=O)OCc1ccccc1. The van der Waals surface area contributed by atoms with Gasteiger partial charge in [0, 0.05) is 0 Å². The Kier molecular flexibility index (Phi) is 6.79. The highest BCUT2D eigenvalue weighted by Crippen LogP contribution is 2.01. The third-order valence-electron chi connectivity index (χ3n) is 2.06. The average Bonchev–Trinajstić information content (AvgIpc) is 2.46. The second-order valence-corrected chi connectivity index (χ2v) is 3.72. The molecule has 0 N–H and O–H groups in total. The van der Waals surface area contributed by atoms with E-state index >= 15 is 0 Å². The molecule has 0 bridgehead atoms. The van der Waals surface area contributed by atoms with E-state index in [4.69, 9.17) is 9.47 Å². The highest BCUT2D eigenvalue weighted by atomic mass is 28.1. The number of benzene rings is 1. The minimum Gasteiger partial charge on any atom is -0.461 e. The number of rotatable bonds is 4. The number of hydrogen-bond donors (Lipinski definition) is 0. The van der Waals surface area contributed by atoms with E-state index in [0.717, 1.165) is 5.56 Å². The molecule has 1 rings (SSSR count). The number of hydrogen-bond acceptors (Lipinski definition) is 4. The maximum absolute atomic E-state index is 11.5. The van der Waals surface area contributed by atoms with Crippen molar-refractivity contribution >= 4 is 28.0 Å². The number of ether oxygens (including phenoxy) is 2. The molecule has 3 radical (unpaired) electrons. The van der Waals surface area contributed by atoms with Gasteiger partial charge in [-0.15, -0.1) is 5.54 Å². The van der Waals surface area contributed by atoms with Gasteiger partial charge in [-0.05, 0) is 18.4 Å². The van der Waals surface area contributed by atoms with Crippen LogP contribution in [-0.4, -0.2) is 34.6 Å². The number of carbonyl (C=O) groups excluding carboxylic acids is 2. The van der Waals surface area contributed by atoms with Crippen LogP contribution in [0.2, 0.25) is 0 Å². The number of amides is 1. The molecule has 6 heteroatoms. The molecule has 0 unspecified atom stereocenters. The molecule has 1 aromatic rings. The second-order valence-electron chi connectivity index (χ2n) is 3.47. The Bertz CT molecular complexity index is 558. The number of carbonyl (C=O) groups is 2. The van der Waals surface area contributed by atoms with Gasteiger partial charge in [-0.2, -0.15) is 4.99 Å². The molecule has 0 aliphatic carbocycles. The summed E-state index contributed by atoms with van der Waals surface area (Å²) in [5, 5.41) is 0. The Labute approximate surface area is 120 Å². The zero-order valence-corrected chi connectivity index (χ0v) is 11.9. The summed E-state index contributed by atoms with van der Waals surface area (Å²) in [7, 11) is 2.88. The maximum Gasteiger partial charge on any atom is 0.435 e. The lowest BCUT2D eigenvalue weighted by atomic mass is 10.2. The van der Waals surface area contributed by atoms with E-state index in [1.807, 2.05) is 18.2 Å². The monoisotopic (exact) mass is 286 g/mol. The van der Waals surface area contributed by atoms with E-state index in [2.05, 4.69) is 26.7 Å². The molecule has 0 aromatic heterocycles. The van der Waals surface area contributed by atoms with Gasteiger partial charge in [-0.1, -0.05) is 30.3 Å². The van der Waals surface area contributed by atoms with Gasteiger partial charge in [-0.3, -0.25) is 0 Å². The van der Waals surface area contributed by atoms with Crippen molar-refractivity contribution in [3.63, 3.8) is 0 Å². The zero-order chi connectivity index (χ0) is 14.8. The fraction of sp³-hybridized carbons (Fsp3) is 0.214. The molecule has 5 nitrogen and oxygen atoms in total. The summed E-state index contributed by atoms with van der Waals surface area (Å²) in [5.74, 6) is 1.57. The van der Waals surface area contributed by atoms with Crippen LogP contribution in [0.4, 0.5) is 4.79 Å². The zero-order valence-electron chi connectivity index (χ0n) is 10.9. The molecule has 1 amide bonds. The minimum absolute atomic E-state index is 0.0700. The fourth-order valence-electron chi connectivity index (χ4n) is 1.23. The van der Waals surface area contributed by atoms with Crippen LogP contribution in [-0.2, 0) is 20.9 Å². The summed E-state index contributed by atoms with van der Waals surface area (Å²) in [6, 6.07) is 9.12. The van der Waals surface area contributed by atoms with Gasteiger partial charge in [0.1, 0.15) is 16.8 Å². The molecule has 0 fully saturated rings. The first kappa shape index (κ1) is 15.7. The Hall–Kier alpha value is -2.39. The summed E-state index contributed by atoms with van der Waals surface area (Å²) in [5.41, 5.74) is 2.82. The second kappa shape index (κ2) is 8.66. The largest absolute Gasteiger partial charge is 0.461 e. The molecular weight excluding hydrogens is 274 g/mol. The predicted octanol–water partition coefficient (Wildman–Crippen LogP) is 1.46. The smallest absolute Gasteiger partial charge is 0.435 e. The fourth-order valence-corrected chi connectivity index (χ4v) is 1.34. The van der Waals surface area contributed by atoms with Crippen LogP contribution in [0.5, 0.6) is 0 Å². The van der Waals surface area contributed by atoms with E-state index in [1.165, 1.54) is 0 Å². The van der Waals surface area contributed by atoms with Gasteiger partial charge in [0.05, 0.1) is 6.61 Å². The standard InChI is InChI=1S/C14H12NO4Si/c1-2-18-13(16)12(8-9-20)15-14(17)19-10-11-6-4-3-5-7-11/h3-7H,2,10H2,1H3/b15-12+. The summed E-state index contributed by atoms with van der Waals surface area (Å²) in [4.78, 5) is 26.4. The number of esters is 1. The van der Waals surface area contributed by atoms with E-state index < -0.39 is 12.1 Å². The van der Waals surface area contributed by atoms with E-state index in [-0.39, 0.29) is 18.9 Å². The Balaban J connectivity index is 2.66. The van der Waals surface area contributed by atoms with Crippen LogP contribution in [0.1, 0.15) is 12.5 Å². The lowest BCUT2D eigenvalue weighted by Gasteiger charge is -2.02. The Morgan fingerprint density at radius 2 is 1.95 bits per heavy atom. The van der Waals surface area contributed by atoms with Gasteiger partial charge >= 0.3 is 12.1 Å². The molecule has 20 heavy (non-hydrogen) atoms. The van der Waals surface area contributed by atoms with Gasteiger partial charge in [0.2, 0.25) is 5.71 Å². The molecule has 0 aliphatic rings. The van der Waals surface area contributed by atoms with E-state index in [0.29, 0.717) is 0 Å². The van der Waals surface area contributed by atoms with Crippen molar-refractivity contribution in [2.75, 3.05) is 6.61 Å². The topological polar surface area (TPSA) is 65.0 Å². The van der Waals surface area contributed by atoms with E-state index in [9.17, 15) is 9.59 Å². The lowest BCUT2D eigenvalue weighted by Crippen LogP contribution is -2.18. The van der Waals surface area contributed by atoms with Crippen LogP contribution in [0.25, 0.3) is 0 Å². The third kappa shape index (κ3) is 5.50. The van der Waals surface area contributed by atoms with Crippen molar-refractivity contribution in [3.8, 4) is 11.5 Å². The molecule has 101 valence electrons. The van der Waals surface area contributed by atoms with Crippen molar-refractivity contribution in [1.82, 2.24) is 0 Å². The van der Waals surface area contributed by atoms with Gasteiger partial charge < -0.3 is 9.47 Å². The lowest BCUT2D eigenvalue weighted by molar-refractivity contribution is -0.134. The van der Waals surface area contributed by atoms with Crippen LogP contribution in [0.15, 0.2) is 35.3 Å². The van der Waals surface area contributed by atoms with Crippen LogP contribution >= 0.6 is 0 Å². The number of aliphatic imine (C=N–C) groups is 1. The van der Waals surface area contributed by atoms with Crippen molar-refractivity contribution in [2.24, 2.45) is 4.99 Å². The minimum atomic E-state index is -0.897. The Morgan fingerprint density at radius 1 is 1.25 bits per heavy atom. The normalized spacial score (nSPS) is 10.2. The molecule has 1 aromatic carbocycles. The first-order chi connectivity index (χ1) is 9.67. The highest BCUT2D eigenvalue weighted by molar-refractivity contribution is 6.46. The summed E-state index contributed by atoms with van der Waals surface area (Å²) in [6.07, 6.45) is -0.897. The first-order valence-electron chi connectivity index (χ1n) is 5.81. The quantitative estimate of drug-likeness (QED) is 0.364. The molecular formula is C14H12NO4Si. The first-order valence-corrected chi connectivity index (χ1v) is 6.31. The van der Waals surface area contributed by atoms with Crippen molar-refractivity contribution in [1.29, 1.82) is 0 Å². The third-order valence-corrected chi connectivity index (χ3v) is 2.18. The van der Waals surface area contributed by atoms with Crippen LogP contribution in [0, 0.1) is 11.5 Å². The summed E-state index contributed by atoms with van der Waals surface area (Å²) >= 11 is 0. The molecule has 0 saturated heterocycles. The van der Waals surface area contributed by atoms with Crippen LogP contribution < -0.4 is 0 Å². The summed E-state index contributed by atoms with van der Waals surface area (Å²) < 4.78 is 9.63. The maximum atomic E-state index is 11.5. The molecule has 0 spiro atoms. The van der Waals surface area contributed by atoms with Gasteiger partial charge in [-0.25, -0.2) is 9.59 Å². The summed E-state index contributed by atoms with van der Waals surface area (Å²) in [6.45, 7) is 1.88. The molecule has 0 heterocycles. The predicted molar refractivity (Wildman–Crippen MR) is 74.2 cm³/mol. The molecule has 0 atom stereocenters. The van der Waals surface area contributed by atoms with Gasteiger partial charge in [0.15, 0.2) is 0 Å². The van der Waals surface area contributed by atoms with Crippen LogP contribution in [0.3, 0.4) is 0 Å². The Morgan fingerprint density at radius 3 is 2.55 bits per heavy atom. The molecule has 0 saturated carbocycles. The van der Waals surface area contributed by atoms with Crippen molar-refractivity contribution in [3.05, 3.63) is 35.9 Å². The number of nitrogens with zero attached hydrogens (tertiary/aromatic N) is 1. The van der Waals surface area contributed by atoms with E-state index in [1.54, 1.807) is 19.1 Å². The average molecular weight is 286 g/mol. The van der Waals surface area contributed by atoms with Crippen molar-refractivity contribution in [2.45, 2.75) is 13.5 Å².